The molecule has 13 heavy (non-hydrogen) atoms. The van der Waals surface area contributed by atoms with Crippen LogP contribution >= 0.6 is 27.5 Å². The average molecular weight is 287 g/mol. The van der Waals surface area contributed by atoms with Gasteiger partial charge in [-0.25, -0.2) is 8.42 Å². The molecule has 2 N–H and O–H groups in total. The van der Waals surface area contributed by atoms with E-state index in [2.05, 4.69) is 15.9 Å². The average Bonchev–Trinajstić information content (AvgIpc) is 2.03. The minimum absolute atomic E-state index is 0.0379. The first kappa shape index (κ1) is 10.9. The van der Waals surface area contributed by atoms with Gasteiger partial charge in [-0.2, -0.15) is 0 Å². The van der Waals surface area contributed by atoms with Crippen LogP contribution in [-0.2, 0) is 10.0 Å². The van der Waals surface area contributed by atoms with E-state index in [0.717, 1.165) is 0 Å². The molecule has 0 saturated carbocycles. The molecule has 4 nitrogen and oxygen atoms in total. The first-order chi connectivity index (χ1) is 5.97. The lowest BCUT2D eigenvalue weighted by atomic mass is 10.4. The molecule has 0 amide bonds. The molecule has 0 aromatic heterocycles. The molecule has 0 fully saturated rings. The monoisotopic (exact) mass is 285 g/mol. The Kier molecular flexibility index (Phi) is 3.31. The number of nitrogens with one attached hydrogen (secondary N) is 1. The molecule has 0 spiro atoms. The maximum atomic E-state index is 11.1. The fourth-order valence-corrected chi connectivity index (χ4v) is 2.38. The van der Waals surface area contributed by atoms with E-state index in [-0.39, 0.29) is 9.92 Å². The molecular formula is C6H5BrClNO3S. The van der Waals surface area contributed by atoms with Crippen molar-refractivity contribution in [3.8, 4) is 0 Å². The maximum Gasteiger partial charge on any atom is 0.263 e. The van der Waals surface area contributed by atoms with Gasteiger partial charge in [0.2, 0.25) is 0 Å². The summed E-state index contributed by atoms with van der Waals surface area (Å²) < 4.78 is 22.8. The van der Waals surface area contributed by atoms with E-state index in [4.69, 9.17) is 16.8 Å². The van der Waals surface area contributed by atoms with Gasteiger partial charge in [0, 0.05) is 4.47 Å². The minimum atomic E-state index is -3.89. The van der Waals surface area contributed by atoms with Gasteiger partial charge in [0.25, 0.3) is 10.0 Å². The van der Waals surface area contributed by atoms with Crippen molar-refractivity contribution in [2.45, 2.75) is 4.90 Å². The molecule has 0 saturated heterocycles. The van der Waals surface area contributed by atoms with Crippen molar-refractivity contribution in [3.05, 3.63) is 27.7 Å². The van der Waals surface area contributed by atoms with Crippen molar-refractivity contribution < 1.29 is 13.6 Å². The smallest absolute Gasteiger partial charge is 0.263 e. The van der Waals surface area contributed by atoms with Gasteiger partial charge in [-0.05, 0) is 18.2 Å². The molecule has 0 aliphatic rings. The van der Waals surface area contributed by atoms with E-state index in [1.807, 2.05) is 0 Å². The Bertz CT molecular complexity index is 420. The van der Waals surface area contributed by atoms with E-state index in [1.54, 1.807) is 0 Å². The topological polar surface area (TPSA) is 66.4 Å². The van der Waals surface area contributed by atoms with Crippen LogP contribution in [0.15, 0.2) is 27.6 Å². The van der Waals surface area contributed by atoms with Crippen molar-refractivity contribution in [2.24, 2.45) is 0 Å². The number of hydrogen-bond acceptors (Lipinski definition) is 3. The molecule has 0 bridgehead atoms. The van der Waals surface area contributed by atoms with Crippen LogP contribution in [0.5, 0.6) is 0 Å². The van der Waals surface area contributed by atoms with Gasteiger partial charge in [0.1, 0.15) is 4.90 Å². The molecule has 0 aliphatic heterocycles. The Labute approximate surface area is 88.7 Å². The molecule has 72 valence electrons. The molecule has 0 heterocycles. The van der Waals surface area contributed by atoms with Crippen molar-refractivity contribution in [1.82, 2.24) is 4.89 Å². The lowest BCUT2D eigenvalue weighted by Gasteiger charge is -2.03. The van der Waals surface area contributed by atoms with Gasteiger partial charge in [-0.15, -0.1) is 0 Å². The van der Waals surface area contributed by atoms with Crippen LogP contribution in [0.2, 0.25) is 5.02 Å². The Morgan fingerprint density at radius 1 is 1.46 bits per heavy atom. The highest BCUT2D eigenvalue weighted by atomic mass is 79.9. The summed E-state index contributed by atoms with van der Waals surface area (Å²) in [4.78, 5) is 1.02. The van der Waals surface area contributed by atoms with Crippen molar-refractivity contribution >= 4 is 37.6 Å². The standard InChI is InChI=1S/C6H5BrClNO3S/c7-4-1-2-6(5(8)3-4)13(11,12)9-10/h1-3,9-10H. The van der Waals surface area contributed by atoms with Crippen LogP contribution in [0.25, 0.3) is 0 Å². The van der Waals surface area contributed by atoms with E-state index in [9.17, 15) is 8.42 Å². The zero-order chi connectivity index (χ0) is 10.1. The number of sulfonamides is 1. The summed E-state index contributed by atoms with van der Waals surface area (Å²) in [5, 5.41) is 8.37. The second-order valence-electron chi connectivity index (χ2n) is 2.17. The van der Waals surface area contributed by atoms with Gasteiger partial charge < -0.3 is 5.21 Å². The van der Waals surface area contributed by atoms with Crippen LogP contribution in [0.3, 0.4) is 0 Å². The first-order valence-corrected chi connectivity index (χ1v) is 5.74. The number of benzene rings is 1. The molecule has 0 unspecified atom stereocenters. The molecule has 1 aromatic rings. The molecular weight excluding hydrogens is 281 g/mol. The van der Waals surface area contributed by atoms with Crippen LogP contribution in [0.1, 0.15) is 0 Å². The van der Waals surface area contributed by atoms with Gasteiger partial charge in [0.05, 0.1) is 5.02 Å². The highest BCUT2D eigenvalue weighted by Crippen LogP contribution is 2.24. The lowest BCUT2D eigenvalue weighted by molar-refractivity contribution is 0.242. The van der Waals surface area contributed by atoms with Gasteiger partial charge >= 0.3 is 0 Å². The van der Waals surface area contributed by atoms with E-state index < -0.39 is 10.0 Å². The zero-order valence-electron chi connectivity index (χ0n) is 6.16. The zero-order valence-corrected chi connectivity index (χ0v) is 9.32. The van der Waals surface area contributed by atoms with Crippen LogP contribution in [0.4, 0.5) is 0 Å². The Morgan fingerprint density at radius 2 is 2.08 bits per heavy atom. The van der Waals surface area contributed by atoms with Crippen LogP contribution < -0.4 is 4.89 Å². The van der Waals surface area contributed by atoms with Crippen LogP contribution in [-0.4, -0.2) is 13.6 Å². The predicted octanol–water partition coefficient (Wildman–Crippen LogP) is 1.77. The number of halogens is 2. The van der Waals surface area contributed by atoms with Crippen molar-refractivity contribution in [3.63, 3.8) is 0 Å². The normalized spacial score (nSPS) is 11.6. The quantitative estimate of drug-likeness (QED) is 0.814. The highest BCUT2D eigenvalue weighted by molar-refractivity contribution is 9.10. The van der Waals surface area contributed by atoms with E-state index in [1.165, 1.54) is 23.1 Å². The molecule has 0 aliphatic carbocycles. The summed E-state index contributed by atoms with van der Waals surface area (Å²) >= 11 is 8.76. The third-order valence-corrected chi connectivity index (χ3v) is 3.40. The Balaban J connectivity index is 3.33. The summed E-state index contributed by atoms with van der Waals surface area (Å²) in [6.45, 7) is 0. The minimum Gasteiger partial charge on any atom is -0.302 e. The molecule has 1 rings (SSSR count). The van der Waals surface area contributed by atoms with E-state index >= 15 is 0 Å². The molecule has 0 atom stereocenters. The largest absolute Gasteiger partial charge is 0.302 e. The summed E-state index contributed by atoms with van der Waals surface area (Å²) in [7, 11) is -3.89. The summed E-state index contributed by atoms with van der Waals surface area (Å²) in [6.07, 6.45) is 0. The number of hydrogen-bond donors (Lipinski definition) is 2. The Morgan fingerprint density at radius 3 is 2.54 bits per heavy atom. The van der Waals surface area contributed by atoms with Crippen LogP contribution in [0, 0.1) is 0 Å². The Hall–Kier alpha value is -0.140. The fourth-order valence-electron chi connectivity index (χ4n) is 0.742. The van der Waals surface area contributed by atoms with E-state index in [0.29, 0.717) is 4.47 Å². The first-order valence-electron chi connectivity index (χ1n) is 3.08. The number of rotatable bonds is 2. The highest BCUT2D eigenvalue weighted by Gasteiger charge is 2.16. The van der Waals surface area contributed by atoms with Crippen molar-refractivity contribution in [1.29, 1.82) is 0 Å². The third-order valence-electron chi connectivity index (χ3n) is 1.30. The predicted molar refractivity (Wildman–Crippen MR) is 51.3 cm³/mol. The molecule has 1 aromatic carbocycles. The summed E-state index contributed by atoms with van der Waals surface area (Å²) in [5.41, 5.74) is 0. The van der Waals surface area contributed by atoms with Crippen molar-refractivity contribution in [2.75, 3.05) is 0 Å². The molecule has 7 heteroatoms. The van der Waals surface area contributed by atoms with Gasteiger partial charge in [0.15, 0.2) is 0 Å². The SMILES string of the molecule is O=S(=O)(NO)c1ccc(Br)cc1Cl. The summed E-state index contributed by atoms with van der Waals surface area (Å²) in [5.74, 6) is 0. The third kappa shape index (κ3) is 2.41. The second kappa shape index (κ2) is 3.93. The second-order valence-corrected chi connectivity index (χ2v) is 5.12. The maximum absolute atomic E-state index is 11.1. The lowest BCUT2D eigenvalue weighted by Crippen LogP contribution is -2.19. The fraction of sp³-hybridized carbons (Fsp3) is 0. The van der Waals surface area contributed by atoms with Gasteiger partial charge in [-0.3, -0.25) is 0 Å². The summed E-state index contributed by atoms with van der Waals surface area (Å²) in [6, 6.07) is 4.22. The molecule has 0 radical (unpaired) electrons. The van der Waals surface area contributed by atoms with Gasteiger partial charge in [-0.1, -0.05) is 32.4 Å².